The third-order valence-electron chi connectivity index (χ3n) is 7.82. The van der Waals surface area contributed by atoms with Gasteiger partial charge < -0.3 is 26.5 Å². The maximum atomic E-state index is 5.45. The van der Waals surface area contributed by atoms with Crippen molar-refractivity contribution in [2.75, 3.05) is 0 Å². The van der Waals surface area contributed by atoms with Gasteiger partial charge in [-0.3, -0.25) is 4.98 Å². The van der Waals surface area contributed by atoms with E-state index in [9.17, 15) is 0 Å². The topological polar surface area (TPSA) is 91.7 Å². The van der Waals surface area contributed by atoms with Crippen LogP contribution in [0.4, 0.5) is 0 Å². The molecule has 0 unspecified atom stereocenters. The summed E-state index contributed by atoms with van der Waals surface area (Å²) in [5.41, 5.74) is 8.98. The SMILES string of the molecule is Cc1ccc(P(c2ccc(C)cc2)c2ccccn2)cc1.[Cu][I].[Cu][I].c1coc(P(c2ccco2)c2ccco2)c1.c1coc(P(c2ccco2)c2ccco2)c1. The van der Waals surface area contributed by atoms with E-state index in [-0.39, 0.29) is 0 Å². The van der Waals surface area contributed by atoms with E-state index in [0.717, 1.165) is 38.4 Å². The molecule has 0 saturated heterocycles. The van der Waals surface area contributed by atoms with Crippen LogP contribution in [0.25, 0.3) is 0 Å². The monoisotopic (exact) mass is 1130 g/mol. The maximum Gasteiger partial charge on any atom is 0.140 e. The standard InChI is InChI=1S/C19H18NP.2C12H9O3P.2Cu.2HI/c1-15-6-10-17(11-7-15)21(19-5-3-4-14-20-19)18-12-8-16(2)9-13-18;2*1-4-10(13-7-1)16(11-5-2-8-14-11)12-6-3-9-15-12;;;;/h3-14H,1-2H3;2*1-9H;;;2*1H/q;;;2*+1;;/p-2. The number of halogens is 2. The van der Waals surface area contributed by atoms with Crippen LogP contribution < -0.4 is 49.1 Å². The summed E-state index contributed by atoms with van der Waals surface area (Å²) in [6.45, 7) is 4.25. The number of nitrogens with zero attached hydrogens (tertiary/aromatic N) is 1. The van der Waals surface area contributed by atoms with E-state index >= 15 is 0 Å². The third-order valence-corrected chi connectivity index (χ3v) is 14.3. The van der Waals surface area contributed by atoms with Crippen molar-refractivity contribution in [1.82, 2.24) is 4.98 Å². The van der Waals surface area contributed by atoms with E-state index < -0.39 is 23.8 Å². The number of aryl methyl sites for hydroxylation is 2. The maximum absolute atomic E-state index is 5.45. The zero-order valence-electron chi connectivity index (χ0n) is 30.4. The summed E-state index contributed by atoms with van der Waals surface area (Å²) in [4.78, 5) is 4.61. The smallest absolute Gasteiger partial charge is 0.140 e. The van der Waals surface area contributed by atoms with Crippen molar-refractivity contribution in [3.8, 4) is 0 Å². The largest absolute Gasteiger partial charge is 0.464 e. The molecule has 0 aliphatic heterocycles. The molecule has 7 aromatic heterocycles. The number of hydrogen-bond acceptors (Lipinski definition) is 7. The molecule has 9 aromatic rings. The Morgan fingerprint density at radius 2 is 0.667 bits per heavy atom. The Morgan fingerprint density at radius 3 is 0.895 bits per heavy atom. The molecule has 7 heterocycles. The van der Waals surface area contributed by atoms with Crippen LogP contribution in [0.2, 0.25) is 0 Å². The molecule has 300 valence electrons. The number of rotatable bonds is 9. The van der Waals surface area contributed by atoms with Crippen LogP contribution in [-0.2, 0) is 25.5 Å². The van der Waals surface area contributed by atoms with Crippen molar-refractivity contribution in [1.29, 1.82) is 0 Å². The van der Waals surface area contributed by atoms with Gasteiger partial charge in [0.2, 0.25) is 0 Å². The first kappa shape index (κ1) is 45.1. The first-order chi connectivity index (χ1) is 28.1. The average molecular weight is 1140 g/mol. The van der Waals surface area contributed by atoms with Gasteiger partial charge in [-0.2, -0.15) is 0 Å². The molecular formula is C43H36Cu2I2NO6P3. The van der Waals surface area contributed by atoms with Crippen molar-refractivity contribution in [3.05, 3.63) is 194 Å². The fourth-order valence-corrected chi connectivity index (χ4v) is 11.2. The van der Waals surface area contributed by atoms with E-state index in [4.69, 9.17) is 26.5 Å². The van der Waals surface area contributed by atoms with E-state index in [1.165, 1.54) is 21.7 Å². The molecule has 0 radical (unpaired) electrons. The van der Waals surface area contributed by atoms with E-state index in [2.05, 4.69) is 105 Å². The molecule has 0 fully saturated rings. The summed E-state index contributed by atoms with van der Waals surface area (Å²) < 4.78 is 32.7. The second-order valence-corrected chi connectivity index (χ2v) is 17.7. The van der Waals surface area contributed by atoms with Gasteiger partial charge in [-0.1, -0.05) is 65.7 Å². The minimum atomic E-state index is -0.835. The summed E-state index contributed by atoms with van der Waals surface area (Å²) >= 11 is 11.7. The summed E-state index contributed by atoms with van der Waals surface area (Å²) in [5, 5.41) is 2.69. The summed E-state index contributed by atoms with van der Waals surface area (Å²) in [6.07, 6.45) is 11.9. The second-order valence-electron chi connectivity index (χ2n) is 11.6. The molecular weight excluding hydrogens is 1100 g/mol. The minimum absolute atomic E-state index is 0.582. The van der Waals surface area contributed by atoms with Gasteiger partial charge in [0, 0.05) is 14.1 Å². The Balaban J connectivity index is 0.000000158. The van der Waals surface area contributed by atoms with Crippen molar-refractivity contribution >= 4 is 114 Å². The van der Waals surface area contributed by atoms with E-state index in [0.29, 0.717) is 0 Å². The van der Waals surface area contributed by atoms with Gasteiger partial charge in [0.05, 0.1) is 43.0 Å². The van der Waals surface area contributed by atoms with Crippen LogP contribution in [0.5, 0.6) is 0 Å². The van der Waals surface area contributed by atoms with Gasteiger partial charge in [-0.25, -0.2) is 0 Å². The molecule has 0 saturated carbocycles. The molecule has 7 nitrogen and oxygen atoms in total. The molecule has 0 amide bonds. The molecule has 0 aliphatic rings. The van der Waals surface area contributed by atoms with Gasteiger partial charge in [0.1, 0.15) is 48.9 Å². The number of aromatic nitrogens is 1. The van der Waals surface area contributed by atoms with Crippen LogP contribution in [0.3, 0.4) is 0 Å². The Morgan fingerprint density at radius 1 is 0.368 bits per heavy atom. The Labute approximate surface area is 375 Å². The van der Waals surface area contributed by atoms with Crippen LogP contribution >= 0.6 is 64.5 Å². The molecule has 9 rings (SSSR count). The molecule has 0 spiro atoms. The van der Waals surface area contributed by atoms with Gasteiger partial charge in [-0.05, 0) is 109 Å². The number of hydrogen-bond donors (Lipinski definition) is 0. The van der Waals surface area contributed by atoms with Crippen molar-refractivity contribution in [2.45, 2.75) is 13.8 Å². The fraction of sp³-hybridized carbons (Fsp3) is 0.0465. The van der Waals surface area contributed by atoms with Gasteiger partial charge in [-0.15, -0.1) is 0 Å². The van der Waals surface area contributed by atoms with E-state index in [1.807, 2.05) is 85.1 Å². The normalized spacial score (nSPS) is 10.4. The first-order valence-corrected chi connectivity index (χ1v) is 27.1. The Kier molecular flexibility index (Phi) is 19.7. The predicted octanol–water partition coefficient (Wildman–Crippen LogP) is 9.67. The zero-order valence-corrected chi connectivity index (χ0v) is 39.3. The van der Waals surface area contributed by atoms with E-state index in [1.54, 1.807) is 78.3 Å². The molecule has 0 bridgehead atoms. The van der Waals surface area contributed by atoms with Gasteiger partial charge in [0.15, 0.2) is 0 Å². The van der Waals surface area contributed by atoms with Crippen molar-refractivity contribution in [2.24, 2.45) is 0 Å². The quantitative estimate of drug-likeness (QED) is 0.0808. The summed E-state index contributed by atoms with van der Waals surface area (Å²) in [5.74, 6) is 0. The summed E-state index contributed by atoms with van der Waals surface area (Å²) in [7, 11) is -2.25. The van der Waals surface area contributed by atoms with Crippen molar-refractivity contribution < 1.29 is 52.0 Å². The third kappa shape index (κ3) is 13.0. The first-order valence-electron chi connectivity index (χ1n) is 17.0. The Hall–Kier alpha value is -2.94. The van der Waals surface area contributed by atoms with Gasteiger partial charge >= 0.3 is 66.2 Å². The molecule has 0 N–H and O–H groups in total. The fourth-order valence-electron chi connectivity index (χ4n) is 5.32. The number of benzene rings is 2. The number of furan rings is 6. The van der Waals surface area contributed by atoms with Crippen molar-refractivity contribution in [3.63, 3.8) is 0 Å². The molecule has 14 heteroatoms. The average Bonchev–Trinajstić information content (AvgIpc) is 4.12. The molecule has 2 aromatic carbocycles. The molecule has 0 aliphatic carbocycles. The van der Waals surface area contributed by atoms with Crippen LogP contribution in [0.1, 0.15) is 11.1 Å². The number of pyridine rings is 1. The predicted molar refractivity (Wildman–Crippen MR) is 244 cm³/mol. The zero-order chi connectivity index (χ0) is 40.2. The van der Waals surface area contributed by atoms with Crippen LogP contribution in [0, 0.1) is 13.8 Å². The summed E-state index contributed by atoms with van der Waals surface area (Å²) in [6, 6.07) is 46.7. The molecule has 0 atom stereocenters. The minimum Gasteiger partial charge on any atom is -0.464 e. The van der Waals surface area contributed by atoms with Gasteiger partial charge in [0.25, 0.3) is 0 Å². The van der Waals surface area contributed by atoms with Crippen LogP contribution in [-0.4, -0.2) is 4.98 Å². The molecule has 57 heavy (non-hydrogen) atoms. The second kappa shape index (κ2) is 24.9. The van der Waals surface area contributed by atoms with Crippen LogP contribution in [0.15, 0.2) is 210 Å². The Bertz CT molecular complexity index is 2000.